The van der Waals surface area contributed by atoms with Crippen LogP contribution >= 0.6 is 24.8 Å². The summed E-state index contributed by atoms with van der Waals surface area (Å²) in [7, 11) is 0. The third-order valence-corrected chi connectivity index (χ3v) is 5.62. The van der Waals surface area contributed by atoms with E-state index in [0.717, 1.165) is 12.8 Å². The summed E-state index contributed by atoms with van der Waals surface area (Å²) in [5, 5.41) is 5.30. The number of benzene rings is 4. The molecule has 6 rings (SSSR count). The fourth-order valence-corrected chi connectivity index (χ4v) is 4.31. The van der Waals surface area contributed by atoms with Crippen molar-refractivity contribution in [1.29, 1.82) is 0 Å². The van der Waals surface area contributed by atoms with E-state index in [2.05, 4.69) is 106 Å². The Morgan fingerprint density at radius 3 is 1.32 bits per heavy atom. The van der Waals surface area contributed by atoms with Crippen molar-refractivity contribution in [3.05, 3.63) is 133 Å². The zero-order valence-corrected chi connectivity index (χ0v) is 25.2. The van der Waals surface area contributed by atoms with E-state index >= 15 is 0 Å². The average molecular weight is 581 g/mol. The van der Waals surface area contributed by atoms with Gasteiger partial charge in [-0.1, -0.05) is 86.0 Å². The Hall–Kier alpha value is -1.44. The van der Waals surface area contributed by atoms with E-state index < -0.39 is 0 Å². The van der Waals surface area contributed by atoms with Crippen LogP contribution in [-0.2, 0) is 36.2 Å². The van der Waals surface area contributed by atoms with Gasteiger partial charge in [-0.2, -0.15) is 23.3 Å². The number of allylic oxidation sites excluding steroid dienone is 2. The van der Waals surface area contributed by atoms with E-state index in [9.17, 15) is 0 Å². The molecular formula is C30H30Cl2SiZr-4. The minimum atomic E-state index is 0. The molecule has 0 saturated carbocycles. The molecule has 0 nitrogen and oxygen atoms in total. The molecule has 176 valence electrons. The van der Waals surface area contributed by atoms with Crippen molar-refractivity contribution in [2.45, 2.75) is 26.7 Å². The van der Waals surface area contributed by atoms with Crippen LogP contribution in [0.3, 0.4) is 0 Å². The molecule has 0 fully saturated rings. The first-order chi connectivity index (χ1) is 14.7. The molecule has 0 aromatic heterocycles. The third-order valence-electron chi connectivity index (χ3n) is 5.62. The summed E-state index contributed by atoms with van der Waals surface area (Å²) < 4.78 is 0. The van der Waals surface area contributed by atoms with Crippen LogP contribution < -0.4 is 0 Å². The molecule has 0 heterocycles. The first kappa shape index (κ1) is 32.6. The van der Waals surface area contributed by atoms with Gasteiger partial charge in [0.2, 0.25) is 0 Å². The first-order valence-corrected chi connectivity index (χ1v) is 14.3. The zero-order valence-electron chi connectivity index (χ0n) is 20.2. The summed E-state index contributed by atoms with van der Waals surface area (Å²) >= 11 is 1.36. The van der Waals surface area contributed by atoms with E-state index in [1.807, 2.05) is 0 Å². The fourth-order valence-electron chi connectivity index (χ4n) is 4.31. The van der Waals surface area contributed by atoms with Gasteiger partial charge >= 0.3 is 30.2 Å². The molecule has 0 amide bonds. The molecule has 0 unspecified atom stereocenters. The molecule has 0 atom stereocenters. The van der Waals surface area contributed by atoms with Crippen LogP contribution in [0.4, 0.5) is 0 Å². The van der Waals surface area contributed by atoms with Gasteiger partial charge in [0.25, 0.3) is 0 Å². The Balaban J connectivity index is 0.000000538. The molecule has 4 heteroatoms. The minimum absolute atomic E-state index is 0. The van der Waals surface area contributed by atoms with E-state index in [1.165, 1.54) is 78.3 Å². The van der Waals surface area contributed by atoms with E-state index in [1.54, 1.807) is 0 Å². The van der Waals surface area contributed by atoms with Crippen molar-refractivity contribution < 1.29 is 23.3 Å². The monoisotopic (exact) mass is 578 g/mol. The van der Waals surface area contributed by atoms with Gasteiger partial charge in [0.05, 0.1) is 0 Å². The maximum absolute atomic E-state index is 3.46. The number of rotatable bonds is 0. The summed E-state index contributed by atoms with van der Waals surface area (Å²) in [6, 6.07) is 25.9. The Morgan fingerprint density at radius 1 is 0.588 bits per heavy atom. The van der Waals surface area contributed by atoms with Crippen molar-refractivity contribution in [3.63, 3.8) is 0 Å². The normalized spacial score (nSPS) is 11.8. The van der Waals surface area contributed by atoms with E-state index in [-0.39, 0.29) is 39.7 Å². The van der Waals surface area contributed by atoms with Crippen molar-refractivity contribution >= 4 is 53.2 Å². The van der Waals surface area contributed by atoms with Crippen LogP contribution in [0.15, 0.2) is 83.9 Å². The molecule has 4 aromatic rings. The van der Waals surface area contributed by atoms with Gasteiger partial charge in [0, 0.05) is 0 Å². The predicted octanol–water partition coefficient (Wildman–Crippen LogP) is 8.35. The van der Waals surface area contributed by atoms with Crippen molar-refractivity contribution in [1.82, 2.24) is 0 Å². The average Bonchev–Trinajstić information content (AvgIpc) is 3.37. The quantitative estimate of drug-likeness (QED) is 0.145. The van der Waals surface area contributed by atoms with Crippen LogP contribution in [-0.4, -0.2) is 6.88 Å². The molecule has 0 N–H and O–H groups in total. The van der Waals surface area contributed by atoms with Gasteiger partial charge < -0.3 is 14.9 Å². The van der Waals surface area contributed by atoms with Gasteiger partial charge in [-0.3, -0.25) is 0 Å². The second kappa shape index (κ2) is 14.8. The van der Waals surface area contributed by atoms with Gasteiger partial charge in [0.15, 0.2) is 0 Å². The Morgan fingerprint density at radius 2 is 0.941 bits per heavy atom. The topological polar surface area (TPSA) is 0 Å². The molecule has 2 radical (unpaired) electrons. The van der Waals surface area contributed by atoms with E-state index in [0.29, 0.717) is 0 Å². The number of hydrogen-bond acceptors (Lipinski definition) is 0. The first-order valence-electron chi connectivity index (χ1n) is 10.1. The summed E-state index contributed by atoms with van der Waals surface area (Å²) in [6.07, 6.45) is 9.05. The summed E-state index contributed by atoms with van der Waals surface area (Å²) in [5.74, 6) is 0. The third kappa shape index (κ3) is 6.82. The molecule has 0 saturated heterocycles. The molecular weight excluding hydrogens is 551 g/mol. The van der Waals surface area contributed by atoms with Crippen LogP contribution in [0.25, 0.3) is 21.5 Å². The standard InChI is InChI=1S/2C14H11.2CH3.2ClH.Si.Zr/c2*1-10-8-12-7-6-11-4-2-3-5-13(11)14(12)9-10;;;;;;/h2*2-7H,8H2,1H3;2*1H3;2*1H;;/q4*-1;;;;. The fraction of sp³-hybridized carbons (Fsp3) is 0.133. The van der Waals surface area contributed by atoms with Gasteiger partial charge in [-0.05, 0) is 0 Å². The van der Waals surface area contributed by atoms with Crippen LogP contribution in [0.5, 0.6) is 0 Å². The van der Waals surface area contributed by atoms with Crippen LogP contribution in [0.1, 0.15) is 36.1 Å². The molecule has 0 aliphatic heterocycles. The summed E-state index contributed by atoms with van der Waals surface area (Å²) in [5.41, 5.74) is 8.14. The zero-order chi connectivity index (χ0) is 21.1. The maximum atomic E-state index is 3.46. The predicted molar refractivity (Wildman–Crippen MR) is 151 cm³/mol. The van der Waals surface area contributed by atoms with Crippen LogP contribution in [0, 0.1) is 27.0 Å². The van der Waals surface area contributed by atoms with Gasteiger partial charge in [-0.25, -0.2) is 0 Å². The second-order valence-electron chi connectivity index (χ2n) is 7.81. The molecule has 0 spiro atoms. The Bertz CT molecular complexity index is 1210. The molecule has 2 aliphatic carbocycles. The van der Waals surface area contributed by atoms with Crippen molar-refractivity contribution in [2.75, 3.05) is 0 Å². The molecule has 34 heavy (non-hydrogen) atoms. The Kier molecular flexibility index (Phi) is 14.2. The SMILES string of the molecule is CC1=[C-]c2c(ccc3ccccc23)C1.CC1=[C-]c2c(ccc3ccccc23)C1.Cl.Cl.[CH3-].[CH3-].[Si]=[Zr]. The number of fused-ring (bicyclic) bond motifs is 6. The summed E-state index contributed by atoms with van der Waals surface area (Å²) in [6.45, 7) is 7.36. The second-order valence-corrected chi connectivity index (χ2v) is 7.81. The molecule has 0 bridgehead atoms. The molecule has 4 aromatic carbocycles. The van der Waals surface area contributed by atoms with Crippen LogP contribution in [0.2, 0.25) is 0 Å². The van der Waals surface area contributed by atoms with Gasteiger partial charge in [-0.15, -0.1) is 82.1 Å². The Labute approximate surface area is 235 Å². The number of halogens is 2. The van der Waals surface area contributed by atoms with Crippen molar-refractivity contribution in [3.8, 4) is 0 Å². The van der Waals surface area contributed by atoms with E-state index in [4.69, 9.17) is 0 Å². The number of hydrogen-bond donors (Lipinski definition) is 0. The summed E-state index contributed by atoms with van der Waals surface area (Å²) in [4.78, 5) is 0. The molecule has 2 aliphatic rings. The van der Waals surface area contributed by atoms with Gasteiger partial charge in [0.1, 0.15) is 0 Å². The van der Waals surface area contributed by atoms with Crippen molar-refractivity contribution in [2.24, 2.45) is 0 Å².